The van der Waals surface area contributed by atoms with Gasteiger partial charge in [0.25, 0.3) is 0 Å². The molecule has 68 valence electrons. The summed E-state index contributed by atoms with van der Waals surface area (Å²) in [6.07, 6.45) is 1.75. The van der Waals surface area contributed by atoms with Gasteiger partial charge in [-0.15, -0.1) is 0 Å². The zero-order valence-electron chi connectivity index (χ0n) is 7.50. The molecule has 0 radical (unpaired) electrons. The number of nitrogens with one attached hydrogen (secondary N) is 1. The lowest BCUT2D eigenvalue weighted by Gasteiger charge is -2.03. The van der Waals surface area contributed by atoms with Crippen LogP contribution in [0.4, 0.5) is 0 Å². The number of aromatic nitrogens is 2. The van der Waals surface area contributed by atoms with Gasteiger partial charge in [-0.25, -0.2) is 0 Å². The van der Waals surface area contributed by atoms with E-state index in [1.807, 2.05) is 6.07 Å². The molecule has 0 amide bonds. The fourth-order valence-electron chi connectivity index (χ4n) is 1.34. The molecule has 2 heterocycles. The molecule has 0 aromatic carbocycles. The minimum absolute atomic E-state index is 0.00935. The van der Waals surface area contributed by atoms with E-state index < -0.39 is 0 Å². The number of fused-ring (bicyclic) bond motifs is 1. The summed E-state index contributed by atoms with van der Waals surface area (Å²) in [6, 6.07) is 1.86. The van der Waals surface area contributed by atoms with Gasteiger partial charge < -0.3 is 4.98 Å². The number of aromatic amines is 1. The topological polar surface area (TPSA) is 45.8 Å². The monoisotopic (exact) mass is 194 g/mol. The summed E-state index contributed by atoms with van der Waals surface area (Å²) < 4.78 is 0.990. The first-order chi connectivity index (χ1) is 6.18. The molecule has 0 unspecified atom stereocenters. The van der Waals surface area contributed by atoms with Gasteiger partial charge in [0.15, 0.2) is 0 Å². The molecular formula is C9H10N2OS. The summed E-state index contributed by atoms with van der Waals surface area (Å²) in [4.78, 5) is 18.2. The molecule has 0 aliphatic rings. The lowest BCUT2D eigenvalue weighted by Crippen LogP contribution is -1.96. The average molecular weight is 194 g/mol. The van der Waals surface area contributed by atoms with Crippen LogP contribution >= 0.6 is 11.3 Å². The molecule has 1 N–H and O–H groups in total. The second-order valence-corrected chi connectivity index (χ2v) is 4.25. The van der Waals surface area contributed by atoms with Gasteiger partial charge in [0.2, 0.25) is 0 Å². The van der Waals surface area contributed by atoms with Crippen molar-refractivity contribution in [2.75, 3.05) is 0 Å². The summed E-state index contributed by atoms with van der Waals surface area (Å²) in [5.41, 5.74) is 1.86. The number of thiazole rings is 1. The molecule has 4 heteroatoms. The molecule has 0 fully saturated rings. The van der Waals surface area contributed by atoms with Gasteiger partial charge in [-0.05, 0) is 12.0 Å². The Morgan fingerprint density at radius 2 is 2.31 bits per heavy atom. The summed E-state index contributed by atoms with van der Waals surface area (Å²) >= 11 is 1.23. The Morgan fingerprint density at radius 1 is 1.54 bits per heavy atom. The molecular weight excluding hydrogens is 184 g/mol. The van der Waals surface area contributed by atoms with Crippen molar-refractivity contribution in [2.45, 2.75) is 19.8 Å². The van der Waals surface area contributed by atoms with Gasteiger partial charge in [0.05, 0.1) is 15.9 Å². The zero-order valence-corrected chi connectivity index (χ0v) is 8.31. The van der Waals surface area contributed by atoms with Crippen LogP contribution in [0.15, 0.2) is 17.1 Å². The minimum Gasteiger partial charge on any atom is -0.311 e. The van der Waals surface area contributed by atoms with Crippen LogP contribution in [0.2, 0.25) is 0 Å². The SMILES string of the molecule is CC(C)c1nccc2sc(=O)[nH]c12. The van der Waals surface area contributed by atoms with Crippen molar-refractivity contribution in [3.63, 3.8) is 0 Å². The van der Waals surface area contributed by atoms with Gasteiger partial charge in [-0.2, -0.15) is 0 Å². The first-order valence-corrected chi connectivity index (χ1v) is 4.98. The van der Waals surface area contributed by atoms with Crippen molar-refractivity contribution in [1.29, 1.82) is 0 Å². The zero-order chi connectivity index (χ0) is 9.42. The highest BCUT2D eigenvalue weighted by Gasteiger charge is 2.08. The van der Waals surface area contributed by atoms with E-state index in [9.17, 15) is 4.79 Å². The van der Waals surface area contributed by atoms with Crippen molar-refractivity contribution < 1.29 is 0 Å². The summed E-state index contributed by atoms with van der Waals surface area (Å²) in [5, 5.41) is 0. The van der Waals surface area contributed by atoms with Crippen LogP contribution in [0.1, 0.15) is 25.5 Å². The molecule has 2 aromatic rings. The normalized spacial score (nSPS) is 11.3. The van der Waals surface area contributed by atoms with Crippen molar-refractivity contribution >= 4 is 21.6 Å². The minimum atomic E-state index is -0.00935. The number of hydrogen-bond acceptors (Lipinski definition) is 3. The smallest absolute Gasteiger partial charge is 0.305 e. The number of pyridine rings is 1. The third kappa shape index (κ3) is 1.37. The summed E-state index contributed by atoms with van der Waals surface area (Å²) in [7, 11) is 0. The van der Waals surface area contributed by atoms with Crippen LogP contribution < -0.4 is 4.87 Å². The molecule has 0 aliphatic carbocycles. The molecule has 2 rings (SSSR count). The van der Waals surface area contributed by atoms with E-state index >= 15 is 0 Å². The molecule has 0 saturated carbocycles. The average Bonchev–Trinajstić information content (AvgIpc) is 2.43. The lowest BCUT2D eigenvalue weighted by atomic mass is 10.1. The second kappa shape index (κ2) is 2.96. The van der Waals surface area contributed by atoms with E-state index in [2.05, 4.69) is 23.8 Å². The van der Waals surface area contributed by atoms with Gasteiger partial charge in [0.1, 0.15) is 0 Å². The van der Waals surface area contributed by atoms with Crippen molar-refractivity contribution in [1.82, 2.24) is 9.97 Å². The predicted octanol–water partition coefficient (Wildman–Crippen LogP) is 2.11. The van der Waals surface area contributed by atoms with E-state index in [0.717, 1.165) is 15.9 Å². The maximum atomic E-state index is 11.1. The van der Waals surface area contributed by atoms with Gasteiger partial charge in [-0.1, -0.05) is 25.2 Å². The quantitative estimate of drug-likeness (QED) is 0.755. The molecule has 0 bridgehead atoms. The van der Waals surface area contributed by atoms with Gasteiger partial charge >= 0.3 is 4.87 Å². The Labute approximate surface area is 79.4 Å². The van der Waals surface area contributed by atoms with Crippen molar-refractivity contribution in [2.24, 2.45) is 0 Å². The molecule has 0 saturated heterocycles. The number of nitrogens with zero attached hydrogens (tertiary/aromatic N) is 1. The van der Waals surface area contributed by atoms with E-state index in [-0.39, 0.29) is 4.87 Å². The summed E-state index contributed by atoms with van der Waals surface area (Å²) in [5.74, 6) is 0.342. The Hall–Kier alpha value is -1.16. The van der Waals surface area contributed by atoms with Crippen molar-refractivity contribution in [3.8, 4) is 0 Å². The van der Waals surface area contributed by atoms with Crippen LogP contribution in [-0.2, 0) is 0 Å². The van der Waals surface area contributed by atoms with E-state index in [1.165, 1.54) is 11.3 Å². The van der Waals surface area contributed by atoms with Crippen LogP contribution in [0, 0.1) is 0 Å². The van der Waals surface area contributed by atoms with Crippen LogP contribution in [0.5, 0.6) is 0 Å². The van der Waals surface area contributed by atoms with Crippen LogP contribution in [-0.4, -0.2) is 9.97 Å². The maximum absolute atomic E-state index is 11.1. The highest BCUT2D eigenvalue weighted by molar-refractivity contribution is 7.16. The third-order valence-electron chi connectivity index (χ3n) is 1.92. The highest BCUT2D eigenvalue weighted by Crippen LogP contribution is 2.22. The molecule has 3 nitrogen and oxygen atoms in total. The Balaban J connectivity index is 2.82. The molecule has 13 heavy (non-hydrogen) atoms. The van der Waals surface area contributed by atoms with Crippen molar-refractivity contribution in [3.05, 3.63) is 27.6 Å². The van der Waals surface area contributed by atoms with Crippen LogP contribution in [0.25, 0.3) is 10.2 Å². The fourth-order valence-corrected chi connectivity index (χ4v) is 2.07. The fraction of sp³-hybridized carbons (Fsp3) is 0.333. The number of hydrogen-bond donors (Lipinski definition) is 1. The number of H-pyrrole nitrogens is 1. The van der Waals surface area contributed by atoms with Crippen LogP contribution in [0.3, 0.4) is 0 Å². The first-order valence-electron chi connectivity index (χ1n) is 4.16. The molecule has 2 aromatic heterocycles. The maximum Gasteiger partial charge on any atom is 0.305 e. The van der Waals surface area contributed by atoms with Gasteiger partial charge in [0, 0.05) is 6.20 Å². The highest BCUT2D eigenvalue weighted by atomic mass is 32.1. The third-order valence-corrected chi connectivity index (χ3v) is 2.77. The first kappa shape index (κ1) is 8.44. The molecule has 0 aliphatic heterocycles. The van der Waals surface area contributed by atoms with E-state index in [4.69, 9.17) is 0 Å². The predicted molar refractivity (Wildman–Crippen MR) is 54.3 cm³/mol. The molecule has 0 spiro atoms. The second-order valence-electron chi connectivity index (χ2n) is 3.24. The Kier molecular flexibility index (Phi) is 1.92. The standard InChI is InChI=1S/C9H10N2OS/c1-5(2)7-8-6(3-4-10-7)13-9(12)11-8/h3-5H,1-2H3,(H,11,12). The Bertz CT molecular complexity index is 484. The molecule has 0 atom stereocenters. The van der Waals surface area contributed by atoms with E-state index in [0.29, 0.717) is 5.92 Å². The lowest BCUT2D eigenvalue weighted by molar-refractivity contribution is 0.831. The number of rotatable bonds is 1. The van der Waals surface area contributed by atoms with Gasteiger partial charge in [-0.3, -0.25) is 9.78 Å². The Morgan fingerprint density at radius 3 is 3.00 bits per heavy atom. The summed E-state index contributed by atoms with van der Waals surface area (Å²) in [6.45, 7) is 4.13. The largest absolute Gasteiger partial charge is 0.311 e. The van der Waals surface area contributed by atoms with E-state index in [1.54, 1.807) is 6.20 Å².